The van der Waals surface area contributed by atoms with Crippen LogP contribution in [0.25, 0.3) is 10.8 Å². The molecule has 146 valence electrons. The molecule has 0 spiro atoms. The number of amides is 1. The first kappa shape index (κ1) is 19.7. The van der Waals surface area contributed by atoms with Crippen molar-refractivity contribution >= 4 is 38.1 Å². The van der Waals surface area contributed by atoms with Gasteiger partial charge < -0.3 is 10.1 Å². The Morgan fingerprint density at radius 2 is 1.68 bits per heavy atom. The molecule has 3 aromatic rings. The fourth-order valence-electron chi connectivity index (χ4n) is 2.87. The smallest absolute Gasteiger partial charge is 0.245 e. The molecule has 0 bridgehead atoms. The maximum absolute atomic E-state index is 12.5. The van der Waals surface area contributed by atoms with Crippen molar-refractivity contribution < 1.29 is 17.9 Å². The summed E-state index contributed by atoms with van der Waals surface area (Å²) in [7, 11) is -3.63. The number of ether oxygens (including phenoxy) is 1. The Balaban J connectivity index is 1.77. The van der Waals surface area contributed by atoms with Crippen LogP contribution in [0.5, 0.6) is 5.75 Å². The third kappa shape index (κ3) is 4.80. The molecule has 28 heavy (non-hydrogen) atoms. The number of rotatable bonds is 7. The average molecular weight is 398 g/mol. The molecule has 0 radical (unpaired) electrons. The summed E-state index contributed by atoms with van der Waals surface area (Å²) in [6.45, 7) is 2.07. The van der Waals surface area contributed by atoms with Crippen LogP contribution in [-0.2, 0) is 14.8 Å². The van der Waals surface area contributed by atoms with Crippen molar-refractivity contribution in [1.29, 1.82) is 0 Å². The highest BCUT2D eigenvalue weighted by Crippen LogP contribution is 2.22. The lowest BCUT2D eigenvalue weighted by molar-refractivity contribution is -0.114. The Hall–Kier alpha value is -3.06. The molecule has 0 atom stereocenters. The van der Waals surface area contributed by atoms with Crippen molar-refractivity contribution in [3.05, 3.63) is 66.7 Å². The Labute approximate surface area is 164 Å². The van der Waals surface area contributed by atoms with Gasteiger partial charge in [0.2, 0.25) is 15.9 Å². The van der Waals surface area contributed by atoms with E-state index in [1.54, 1.807) is 30.3 Å². The number of hydrogen-bond acceptors (Lipinski definition) is 4. The average Bonchev–Trinajstić information content (AvgIpc) is 2.66. The van der Waals surface area contributed by atoms with E-state index in [4.69, 9.17) is 4.74 Å². The Morgan fingerprint density at radius 3 is 2.32 bits per heavy atom. The number of hydrogen-bond donors (Lipinski definition) is 1. The molecule has 7 heteroatoms. The molecule has 0 aliphatic carbocycles. The molecule has 0 heterocycles. The monoisotopic (exact) mass is 398 g/mol. The number of carbonyl (C=O) groups is 1. The highest BCUT2D eigenvalue weighted by Gasteiger charge is 2.21. The molecule has 6 nitrogen and oxygen atoms in total. The van der Waals surface area contributed by atoms with E-state index in [0.29, 0.717) is 23.7 Å². The van der Waals surface area contributed by atoms with Gasteiger partial charge in [-0.2, -0.15) is 0 Å². The zero-order chi connectivity index (χ0) is 20.1. The van der Waals surface area contributed by atoms with E-state index in [9.17, 15) is 13.2 Å². The molecule has 3 aromatic carbocycles. The molecular weight excluding hydrogens is 376 g/mol. The van der Waals surface area contributed by atoms with Gasteiger partial charge in [-0.15, -0.1) is 0 Å². The molecule has 0 aliphatic rings. The summed E-state index contributed by atoms with van der Waals surface area (Å²) in [5.41, 5.74) is 1.02. The van der Waals surface area contributed by atoms with E-state index in [1.807, 2.05) is 43.3 Å². The lowest BCUT2D eigenvalue weighted by Crippen LogP contribution is -2.37. The van der Waals surface area contributed by atoms with Gasteiger partial charge in [0, 0.05) is 5.69 Å². The van der Waals surface area contributed by atoms with Gasteiger partial charge in [-0.3, -0.25) is 9.10 Å². The summed E-state index contributed by atoms with van der Waals surface area (Å²) in [5, 5.41) is 4.82. The summed E-state index contributed by atoms with van der Waals surface area (Å²) in [4.78, 5) is 12.5. The predicted molar refractivity (Wildman–Crippen MR) is 112 cm³/mol. The minimum Gasteiger partial charge on any atom is -0.494 e. The van der Waals surface area contributed by atoms with Gasteiger partial charge in [-0.1, -0.05) is 30.3 Å². The molecule has 1 N–H and O–H groups in total. The van der Waals surface area contributed by atoms with Crippen LogP contribution in [0.4, 0.5) is 11.4 Å². The maximum Gasteiger partial charge on any atom is 0.245 e. The van der Waals surface area contributed by atoms with Crippen LogP contribution in [0.3, 0.4) is 0 Å². The van der Waals surface area contributed by atoms with Crippen LogP contribution in [0.15, 0.2) is 66.7 Å². The van der Waals surface area contributed by atoms with E-state index >= 15 is 0 Å². The van der Waals surface area contributed by atoms with Crippen molar-refractivity contribution in [1.82, 2.24) is 0 Å². The third-order valence-corrected chi connectivity index (χ3v) is 5.30. The normalized spacial score (nSPS) is 11.2. The quantitative estimate of drug-likeness (QED) is 0.659. The molecule has 0 aliphatic heterocycles. The van der Waals surface area contributed by atoms with Crippen molar-refractivity contribution in [3.8, 4) is 5.75 Å². The van der Waals surface area contributed by atoms with E-state index in [-0.39, 0.29) is 6.54 Å². The summed E-state index contributed by atoms with van der Waals surface area (Å²) < 4.78 is 30.9. The first-order valence-corrected chi connectivity index (χ1v) is 10.7. The molecule has 1 amide bonds. The van der Waals surface area contributed by atoms with Gasteiger partial charge in [-0.25, -0.2) is 8.42 Å². The summed E-state index contributed by atoms with van der Waals surface area (Å²) in [6, 6.07) is 20.0. The summed E-state index contributed by atoms with van der Waals surface area (Å²) in [6.07, 6.45) is 1.08. The first-order valence-electron chi connectivity index (χ1n) is 8.86. The van der Waals surface area contributed by atoms with Crippen LogP contribution in [0.1, 0.15) is 6.92 Å². The van der Waals surface area contributed by atoms with Crippen LogP contribution in [0, 0.1) is 0 Å². The molecular formula is C21H22N2O4S. The predicted octanol–water partition coefficient (Wildman–Crippen LogP) is 3.64. The van der Waals surface area contributed by atoms with Crippen molar-refractivity contribution in [3.63, 3.8) is 0 Å². The number of carbonyl (C=O) groups excluding carboxylic acids is 1. The van der Waals surface area contributed by atoms with Crippen molar-refractivity contribution in [2.24, 2.45) is 0 Å². The zero-order valence-corrected chi connectivity index (χ0v) is 16.6. The Bertz CT molecular complexity index is 1080. The number of anilines is 2. The van der Waals surface area contributed by atoms with E-state index in [0.717, 1.165) is 21.3 Å². The third-order valence-electron chi connectivity index (χ3n) is 4.16. The molecule has 0 aromatic heterocycles. The number of nitrogens with zero attached hydrogens (tertiary/aromatic N) is 1. The Morgan fingerprint density at radius 1 is 1.00 bits per heavy atom. The molecule has 0 unspecified atom stereocenters. The van der Waals surface area contributed by atoms with E-state index < -0.39 is 15.9 Å². The minimum atomic E-state index is -3.63. The second-order valence-corrected chi connectivity index (χ2v) is 8.21. The van der Waals surface area contributed by atoms with Crippen LogP contribution < -0.4 is 14.4 Å². The van der Waals surface area contributed by atoms with Gasteiger partial charge in [0.05, 0.1) is 18.6 Å². The van der Waals surface area contributed by atoms with Crippen LogP contribution in [0.2, 0.25) is 0 Å². The highest BCUT2D eigenvalue weighted by molar-refractivity contribution is 7.92. The second-order valence-electron chi connectivity index (χ2n) is 6.31. The van der Waals surface area contributed by atoms with Gasteiger partial charge in [0.1, 0.15) is 12.3 Å². The highest BCUT2D eigenvalue weighted by atomic mass is 32.2. The fraction of sp³-hybridized carbons (Fsp3) is 0.190. The zero-order valence-electron chi connectivity index (χ0n) is 15.8. The lowest BCUT2D eigenvalue weighted by Gasteiger charge is -2.22. The standard InChI is InChI=1S/C21H22N2O4S/c1-3-27-20-12-10-19(11-13-20)23(28(2,25)26)15-21(24)22-18-9-8-16-6-4-5-7-17(16)14-18/h4-14H,3,15H2,1-2H3,(H,22,24). The SMILES string of the molecule is CCOc1ccc(N(CC(=O)Nc2ccc3ccccc3c2)S(C)(=O)=O)cc1. The number of benzene rings is 3. The van der Waals surface area contributed by atoms with Crippen molar-refractivity contribution in [2.45, 2.75) is 6.92 Å². The molecule has 0 fully saturated rings. The van der Waals surface area contributed by atoms with Gasteiger partial charge in [0.25, 0.3) is 0 Å². The van der Waals surface area contributed by atoms with Crippen molar-refractivity contribution in [2.75, 3.05) is 29.0 Å². The molecule has 0 saturated heterocycles. The van der Waals surface area contributed by atoms with Crippen LogP contribution >= 0.6 is 0 Å². The topological polar surface area (TPSA) is 75.7 Å². The van der Waals surface area contributed by atoms with Gasteiger partial charge in [0.15, 0.2) is 0 Å². The van der Waals surface area contributed by atoms with E-state index in [2.05, 4.69) is 5.32 Å². The Kier molecular flexibility index (Phi) is 5.84. The summed E-state index contributed by atoms with van der Waals surface area (Å²) in [5.74, 6) is 0.218. The maximum atomic E-state index is 12.5. The molecule has 3 rings (SSSR count). The molecule has 0 saturated carbocycles. The largest absolute Gasteiger partial charge is 0.494 e. The van der Waals surface area contributed by atoms with Crippen LogP contribution in [-0.4, -0.2) is 33.7 Å². The number of sulfonamides is 1. The second kappa shape index (κ2) is 8.31. The first-order chi connectivity index (χ1) is 13.4. The summed E-state index contributed by atoms with van der Waals surface area (Å²) >= 11 is 0. The lowest BCUT2D eigenvalue weighted by atomic mass is 10.1. The fourth-order valence-corrected chi connectivity index (χ4v) is 3.73. The van der Waals surface area contributed by atoms with Gasteiger partial charge in [-0.05, 0) is 54.1 Å². The van der Waals surface area contributed by atoms with Gasteiger partial charge >= 0.3 is 0 Å². The van der Waals surface area contributed by atoms with E-state index in [1.165, 1.54) is 0 Å². The number of fused-ring (bicyclic) bond motifs is 1. The number of nitrogens with one attached hydrogen (secondary N) is 1. The minimum absolute atomic E-state index is 0.320.